The van der Waals surface area contributed by atoms with E-state index in [9.17, 15) is 9.59 Å². The first kappa shape index (κ1) is 18.7. The summed E-state index contributed by atoms with van der Waals surface area (Å²) in [5.74, 6) is 0.717. The van der Waals surface area contributed by atoms with Gasteiger partial charge in [-0.3, -0.25) is 9.59 Å². The molecule has 1 aliphatic heterocycles. The minimum atomic E-state index is -0.109. The van der Waals surface area contributed by atoms with Crippen molar-refractivity contribution in [1.82, 2.24) is 10.2 Å². The molecule has 142 valence electrons. The summed E-state index contributed by atoms with van der Waals surface area (Å²) in [7, 11) is 1.62. The molecule has 0 bridgehead atoms. The second-order valence-electron chi connectivity index (χ2n) is 8.10. The van der Waals surface area contributed by atoms with Gasteiger partial charge in [-0.05, 0) is 45.7 Å². The van der Waals surface area contributed by atoms with Crippen molar-refractivity contribution >= 4 is 11.8 Å². The first-order valence-electron chi connectivity index (χ1n) is 9.61. The Labute approximate surface area is 156 Å². The minimum absolute atomic E-state index is 0.00696. The number of methoxy groups -OCH3 is 1. The third-order valence-corrected chi connectivity index (χ3v) is 6.02. The van der Waals surface area contributed by atoms with Crippen LogP contribution in [-0.2, 0) is 4.79 Å². The molecule has 1 heterocycles. The topological polar surface area (TPSA) is 58.6 Å². The largest absolute Gasteiger partial charge is 0.496 e. The highest BCUT2D eigenvalue weighted by molar-refractivity contribution is 5.97. The molecule has 1 unspecified atom stereocenters. The molecule has 1 spiro atoms. The maximum absolute atomic E-state index is 13.2. The summed E-state index contributed by atoms with van der Waals surface area (Å²) >= 11 is 0. The summed E-state index contributed by atoms with van der Waals surface area (Å²) in [6.07, 6.45) is 4.35. The van der Waals surface area contributed by atoms with E-state index in [4.69, 9.17) is 4.74 Å². The van der Waals surface area contributed by atoms with E-state index in [1.165, 1.54) is 0 Å². The Hall–Kier alpha value is -2.04. The van der Waals surface area contributed by atoms with Crippen molar-refractivity contribution in [3.63, 3.8) is 0 Å². The average Bonchev–Trinajstić information content (AvgIpc) is 3.22. The number of likely N-dealkylation sites (tertiary alicyclic amines) is 1. The number of benzene rings is 1. The minimum Gasteiger partial charge on any atom is -0.496 e. The summed E-state index contributed by atoms with van der Waals surface area (Å²) in [6, 6.07) is 5.69. The third kappa shape index (κ3) is 3.31. The van der Waals surface area contributed by atoms with Crippen LogP contribution in [-0.4, -0.2) is 43.0 Å². The predicted molar refractivity (Wildman–Crippen MR) is 101 cm³/mol. The second-order valence-corrected chi connectivity index (χ2v) is 8.10. The Kier molecular flexibility index (Phi) is 5.26. The number of ether oxygens (including phenoxy) is 1. The van der Waals surface area contributed by atoms with E-state index < -0.39 is 0 Å². The zero-order valence-electron chi connectivity index (χ0n) is 16.3. The van der Waals surface area contributed by atoms with Crippen LogP contribution < -0.4 is 10.1 Å². The molecule has 2 aliphatic rings. The maximum Gasteiger partial charge on any atom is 0.254 e. The van der Waals surface area contributed by atoms with Gasteiger partial charge in [0, 0.05) is 35.7 Å². The van der Waals surface area contributed by atoms with Crippen LogP contribution in [0.25, 0.3) is 0 Å². The quantitative estimate of drug-likeness (QED) is 0.899. The van der Waals surface area contributed by atoms with Crippen molar-refractivity contribution in [2.45, 2.75) is 52.5 Å². The van der Waals surface area contributed by atoms with Gasteiger partial charge in [0.1, 0.15) is 5.75 Å². The van der Waals surface area contributed by atoms with Gasteiger partial charge in [0.25, 0.3) is 5.91 Å². The van der Waals surface area contributed by atoms with E-state index >= 15 is 0 Å². The molecule has 2 amide bonds. The molecule has 1 atom stereocenters. The fourth-order valence-electron chi connectivity index (χ4n) is 4.69. The Bertz CT molecular complexity index is 692. The van der Waals surface area contributed by atoms with Gasteiger partial charge in [-0.15, -0.1) is 0 Å². The molecular formula is C21H30N2O3. The lowest BCUT2D eigenvalue weighted by Crippen LogP contribution is -2.42. The molecule has 1 aliphatic carbocycles. The van der Waals surface area contributed by atoms with Crippen LogP contribution in [0, 0.1) is 18.3 Å². The molecule has 1 saturated carbocycles. The molecule has 0 radical (unpaired) electrons. The Morgan fingerprint density at radius 1 is 1.27 bits per heavy atom. The molecule has 0 aromatic heterocycles. The van der Waals surface area contributed by atoms with Crippen LogP contribution >= 0.6 is 0 Å². The Balaban J connectivity index is 1.86. The third-order valence-electron chi connectivity index (χ3n) is 6.02. The van der Waals surface area contributed by atoms with Crippen LogP contribution in [0.2, 0.25) is 0 Å². The summed E-state index contributed by atoms with van der Waals surface area (Å²) in [5.41, 5.74) is 1.47. The SMILES string of the molecule is COc1cccc(C(=O)N2CC(C(=O)NC(C)C)C3(CCCC3)C2)c1C. The van der Waals surface area contributed by atoms with Crippen LogP contribution in [0.4, 0.5) is 0 Å². The molecule has 1 saturated heterocycles. The van der Waals surface area contributed by atoms with Crippen molar-refractivity contribution in [1.29, 1.82) is 0 Å². The number of nitrogens with zero attached hydrogens (tertiary/aromatic N) is 1. The average molecular weight is 358 g/mol. The number of nitrogens with one attached hydrogen (secondary N) is 1. The molecule has 1 aromatic rings. The highest BCUT2D eigenvalue weighted by atomic mass is 16.5. The van der Waals surface area contributed by atoms with Gasteiger partial charge in [0.05, 0.1) is 13.0 Å². The van der Waals surface area contributed by atoms with Gasteiger partial charge in [-0.2, -0.15) is 0 Å². The summed E-state index contributed by atoms with van der Waals surface area (Å²) < 4.78 is 5.36. The smallest absolute Gasteiger partial charge is 0.254 e. The fourth-order valence-corrected chi connectivity index (χ4v) is 4.69. The standard InChI is InChI=1S/C21H30N2O3/c1-14(2)22-19(24)17-12-23(13-21(17)10-5-6-11-21)20(25)16-8-7-9-18(26-4)15(16)3/h7-9,14,17H,5-6,10-13H2,1-4H3,(H,22,24). The molecule has 2 fully saturated rings. The highest BCUT2D eigenvalue weighted by Gasteiger charge is 2.52. The van der Waals surface area contributed by atoms with Crippen molar-refractivity contribution < 1.29 is 14.3 Å². The number of rotatable bonds is 4. The van der Waals surface area contributed by atoms with E-state index in [2.05, 4.69) is 5.32 Å². The molecule has 5 heteroatoms. The summed E-state index contributed by atoms with van der Waals surface area (Å²) in [5, 5.41) is 3.07. The highest BCUT2D eigenvalue weighted by Crippen LogP contribution is 2.49. The number of hydrogen-bond donors (Lipinski definition) is 1. The van der Waals surface area contributed by atoms with Crippen molar-refractivity contribution in [2.24, 2.45) is 11.3 Å². The van der Waals surface area contributed by atoms with Gasteiger partial charge < -0.3 is 15.0 Å². The molecule has 1 aromatic carbocycles. The number of hydrogen-bond acceptors (Lipinski definition) is 3. The lowest BCUT2D eigenvalue weighted by Gasteiger charge is -2.29. The van der Waals surface area contributed by atoms with Crippen molar-refractivity contribution in [3.05, 3.63) is 29.3 Å². The van der Waals surface area contributed by atoms with Gasteiger partial charge in [0.15, 0.2) is 0 Å². The molecule has 26 heavy (non-hydrogen) atoms. The fraction of sp³-hybridized carbons (Fsp3) is 0.619. The van der Waals surface area contributed by atoms with Crippen molar-refractivity contribution in [3.8, 4) is 5.75 Å². The van der Waals surface area contributed by atoms with Crippen molar-refractivity contribution in [2.75, 3.05) is 20.2 Å². The van der Waals surface area contributed by atoms with E-state index in [0.717, 1.165) is 37.0 Å². The lowest BCUT2D eigenvalue weighted by atomic mass is 9.76. The van der Waals surface area contributed by atoms with Crippen LogP contribution in [0.3, 0.4) is 0 Å². The van der Waals surface area contributed by atoms with Crippen LogP contribution in [0.15, 0.2) is 18.2 Å². The lowest BCUT2D eigenvalue weighted by molar-refractivity contribution is -0.128. The normalized spacial score (nSPS) is 21.4. The molecule has 5 nitrogen and oxygen atoms in total. The zero-order valence-corrected chi connectivity index (χ0v) is 16.3. The Morgan fingerprint density at radius 3 is 2.58 bits per heavy atom. The Morgan fingerprint density at radius 2 is 1.96 bits per heavy atom. The van der Waals surface area contributed by atoms with Crippen LogP contribution in [0.1, 0.15) is 55.5 Å². The van der Waals surface area contributed by atoms with Crippen LogP contribution in [0.5, 0.6) is 5.75 Å². The molecular weight excluding hydrogens is 328 g/mol. The number of carbonyl (C=O) groups is 2. The second kappa shape index (κ2) is 7.29. The number of amides is 2. The van der Waals surface area contributed by atoms with Gasteiger partial charge in [-0.1, -0.05) is 18.9 Å². The summed E-state index contributed by atoms with van der Waals surface area (Å²) in [6.45, 7) is 7.07. The first-order valence-corrected chi connectivity index (χ1v) is 9.61. The van der Waals surface area contributed by atoms with E-state index in [0.29, 0.717) is 18.7 Å². The monoisotopic (exact) mass is 358 g/mol. The van der Waals surface area contributed by atoms with Gasteiger partial charge >= 0.3 is 0 Å². The predicted octanol–water partition coefficient (Wildman–Crippen LogP) is 3.16. The van der Waals surface area contributed by atoms with E-state index in [-0.39, 0.29) is 29.2 Å². The van der Waals surface area contributed by atoms with Gasteiger partial charge in [-0.25, -0.2) is 0 Å². The first-order chi connectivity index (χ1) is 12.4. The maximum atomic E-state index is 13.2. The van der Waals surface area contributed by atoms with E-state index in [1.807, 2.05) is 43.9 Å². The number of carbonyl (C=O) groups excluding carboxylic acids is 2. The van der Waals surface area contributed by atoms with E-state index in [1.54, 1.807) is 7.11 Å². The summed E-state index contributed by atoms with van der Waals surface area (Å²) in [4.78, 5) is 27.9. The van der Waals surface area contributed by atoms with Gasteiger partial charge in [0.2, 0.25) is 5.91 Å². The molecule has 3 rings (SSSR count). The molecule has 1 N–H and O–H groups in total. The zero-order chi connectivity index (χ0) is 18.9.